The third kappa shape index (κ3) is 5.29. The molecule has 0 aromatic heterocycles. The molecule has 0 aromatic rings. The minimum atomic E-state index is -0.735. The number of carbonyl (C=O) groups is 1. The molecule has 120 valence electrons. The summed E-state index contributed by atoms with van der Waals surface area (Å²) in [4.78, 5) is 14.4. The van der Waals surface area contributed by atoms with Gasteiger partial charge < -0.3 is 16.0 Å². The summed E-state index contributed by atoms with van der Waals surface area (Å²) >= 11 is 0. The van der Waals surface area contributed by atoms with Crippen molar-refractivity contribution in [3.05, 3.63) is 0 Å². The SMILES string of the molecule is CCC(C)(C)CC[C@@H](N)C(=O)NC1(C#N)CCN(C)CC1. The molecule has 1 aliphatic heterocycles. The number of nitrogens with zero attached hydrogens (tertiary/aromatic N) is 2. The molecule has 0 aliphatic carbocycles. The lowest BCUT2D eigenvalue weighted by Crippen LogP contribution is -2.57. The highest BCUT2D eigenvalue weighted by Gasteiger charge is 2.36. The number of nitrogens with two attached hydrogens (primary N) is 1. The summed E-state index contributed by atoms with van der Waals surface area (Å²) in [5.41, 5.74) is 5.48. The molecular weight excluding hydrogens is 264 g/mol. The fourth-order valence-corrected chi connectivity index (χ4v) is 2.45. The molecule has 0 aromatic carbocycles. The zero-order valence-electron chi connectivity index (χ0n) is 13.9. The topological polar surface area (TPSA) is 82.1 Å². The summed E-state index contributed by atoms with van der Waals surface area (Å²) in [6, 6.07) is 1.77. The van der Waals surface area contributed by atoms with E-state index in [1.54, 1.807) is 0 Å². The van der Waals surface area contributed by atoms with E-state index in [0.717, 1.165) is 25.9 Å². The van der Waals surface area contributed by atoms with Crippen LogP contribution in [0.4, 0.5) is 0 Å². The van der Waals surface area contributed by atoms with E-state index in [-0.39, 0.29) is 11.3 Å². The van der Waals surface area contributed by atoms with E-state index in [2.05, 4.69) is 37.1 Å². The number of hydrogen-bond donors (Lipinski definition) is 2. The van der Waals surface area contributed by atoms with Gasteiger partial charge in [0.1, 0.15) is 5.54 Å². The Morgan fingerprint density at radius 2 is 2.05 bits per heavy atom. The number of likely N-dealkylation sites (tertiary alicyclic amines) is 1. The highest BCUT2D eigenvalue weighted by molar-refractivity contribution is 5.82. The predicted molar refractivity (Wildman–Crippen MR) is 84.5 cm³/mol. The normalized spacial score (nSPS) is 20.6. The molecule has 0 saturated carbocycles. The summed E-state index contributed by atoms with van der Waals surface area (Å²) in [6.45, 7) is 8.17. The van der Waals surface area contributed by atoms with E-state index in [1.165, 1.54) is 0 Å². The van der Waals surface area contributed by atoms with E-state index in [4.69, 9.17) is 5.73 Å². The second-order valence-corrected chi connectivity index (χ2v) is 7.15. The number of piperidine rings is 1. The quantitative estimate of drug-likeness (QED) is 0.780. The van der Waals surface area contributed by atoms with Crippen molar-refractivity contribution in [2.24, 2.45) is 11.1 Å². The van der Waals surface area contributed by atoms with Crippen molar-refractivity contribution in [3.8, 4) is 6.07 Å². The van der Waals surface area contributed by atoms with Gasteiger partial charge in [0.25, 0.3) is 0 Å². The molecule has 1 saturated heterocycles. The second-order valence-electron chi connectivity index (χ2n) is 7.15. The first-order chi connectivity index (χ1) is 9.73. The summed E-state index contributed by atoms with van der Waals surface area (Å²) in [6.07, 6.45) is 3.97. The molecule has 5 nitrogen and oxygen atoms in total. The van der Waals surface area contributed by atoms with Crippen LogP contribution in [0.1, 0.15) is 52.9 Å². The molecule has 21 heavy (non-hydrogen) atoms. The Morgan fingerprint density at radius 3 is 2.52 bits per heavy atom. The van der Waals surface area contributed by atoms with E-state index in [0.29, 0.717) is 19.3 Å². The molecule has 0 unspecified atom stereocenters. The van der Waals surface area contributed by atoms with E-state index in [1.807, 2.05) is 7.05 Å². The minimum Gasteiger partial charge on any atom is -0.336 e. The maximum absolute atomic E-state index is 12.3. The molecule has 0 spiro atoms. The number of nitriles is 1. The third-order valence-electron chi connectivity index (χ3n) is 4.84. The van der Waals surface area contributed by atoms with Gasteiger partial charge in [-0.25, -0.2) is 0 Å². The van der Waals surface area contributed by atoms with Crippen molar-refractivity contribution in [3.63, 3.8) is 0 Å². The van der Waals surface area contributed by atoms with Crippen LogP contribution in [-0.4, -0.2) is 42.5 Å². The van der Waals surface area contributed by atoms with Gasteiger partial charge in [-0.1, -0.05) is 27.2 Å². The first-order valence-electron chi connectivity index (χ1n) is 7.91. The van der Waals surface area contributed by atoms with E-state index >= 15 is 0 Å². The van der Waals surface area contributed by atoms with Gasteiger partial charge in [0, 0.05) is 13.1 Å². The first kappa shape index (κ1) is 17.9. The van der Waals surface area contributed by atoms with Gasteiger partial charge in [0.2, 0.25) is 5.91 Å². The van der Waals surface area contributed by atoms with Crippen LogP contribution >= 0.6 is 0 Å². The lowest BCUT2D eigenvalue weighted by Gasteiger charge is -2.36. The molecule has 1 amide bonds. The van der Waals surface area contributed by atoms with Crippen molar-refractivity contribution in [2.45, 2.75) is 64.5 Å². The Morgan fingerprint density at radius 1 is 1.48 bits per heavy atom. The van der Waals surface area contributed by atoms with Crippen LogP contribution in [0.5, 0.6) is 0 Å². The molecule has 5 heteroatoms. The lowest BCUT2D eigenvalue weighted by molar-refractivity contribution is -0.124. The molecule has 1 fully saturated rings. The molecule has 0 radical (unpaired) electrons. The molecule has 1 aliphatic rings. The summed E-state index contributed by atoms with van der Waals surface area (Å²) in [7, 11) is 2.03. The van der Waals surface area contributed by atoms with Gasteiger partial charge in [-0.3, -0.25) is 4.79 Å². The molecule has 0 bridgehead atoms. The molecule has 1 atom stereocenters. The standard InChI is InChI=1S/C16H30N4O/c1-5-15(2,3)7-6-13(18)14(21)19-16(12-17)8-10-20(4)11-9-16/h13H,5-11,18H2,1-4H3,(H,19,21)/t13-/m1/s1. The Hall–Kier alpha value is -1.12. The van der Waals surface area contributed by atoms with Gasteiger partial charge in [-0.15, -0.1) is 0 Å². The zero-order valence-corrected chi connectivity index (χ0v) is 13.9. The van der Waals surface area contributed by atoms with Crippen molar-refractivity contribution >= 4 is 5.91 Å². The Balaban J connectivity index is 2.53. The van der Waals surface area contributed by atoms with Crippen LogP contribution in [0.3, 0.4) is 0 Å². The maximum Gasteiger partial charge on any atom is 0.238 e. The molecule has 1 rings (SSSR count). The number of hydrogen-bond acceptors (Lipinski definition) is 4. The number of amides is 1. The van der Waals surface area contributed by atoms with Gasteiger partial charge in [0.05, 0.1) is 12.1 Å². The monoisotopic (exact) mass is 294 g/mol. The Bertz CT molecular complexity index is 392. The van der Waals surface area contributed by atoms with Gasteiger partial charge in [-0.2, -0.15) is 5.26 Å². The summed E-state index contributed by atoms with van der Waals surface area (Å²) < 4.78 is 0. The second kappa shape index (κ2) is 7.24. The van der Waals surface area contributed by atoms with Gasteiger partial charge in [-0.05, 0) is 38.1 Å². The highest BCUT2D eigenvalue weighted by Crippen LogP contribution is 2.27. The Kier molecular flexibility index (Phi) is 6.18. The van der Waals surface area contributed by atoms with Crippen molar-refractivity contribution in [1.29, 1.82) is 5.26 Å². The van der Waals surface area contributed by atoms with Crippen LogP contribution in [0.25, 0.3) is 0 Å². The minimum absolute atomic E-state index is 0.187. The highest BCUT2D eigenvalue weighted by atomic mass is 16.2. The van der Waals surface area contributed by atoms with Gasteiger partial charge >= 0.3 is 0 Å². The molecular formula is C16H30N4O. The van der Waals surface area contributed by atoms with E-state index < -0.39 is 11.6 Å². The number of rotatable bonds is 6. The van der Waals surface area contributed by atoms with Crippen molar-refractivity contribution in [2.75, 3.05) is 20.1 Å². The summed E-state index contributed by atoms with van der Waals surface area (Å²) in [5, 5.41) is 12.3. The zero-order chi connectivity index (χ0) is 16.1. The van der Waals surface area contributed by atoms with Crippen LogP contribution in [0.2, 0.25) is 0 Å². The fraction of sp³-hybridized carbons (Fsp3) is 0.875. The number of carbonyl (C=O) groups excluding carboxylic acids is 1. The predicted octanol–water partition coefficient (Wildman–Crippen LogP) is 1.63. The average molecular weight is 294 g/mol. The van der Waals surface area contributed by atoms with Crippen LogP contribution < -0.4 is 11.1 Å². The number of nitrogens with one attached hydrogen (secondary N) is 1. The average Bonchev–Trinajstić information content (AvgIpc) is 2.47. The fourth-order valence-electron chi connectivity index (χ4n) is 2.45. The smallest absolute Gasteiger partial charge is 0.238 e. The van der Waals surface area contributed by atoms with Crippen LogP contribution in [0, 0.1) is 16.7 Å². The van der Waals surface area contributed by atoms with E-state index in [9.17, 15) is 10.1 Å². The summed E-state index contributed by atoms with van der Waals surface area (Å²) in [5.74, 6) is -0.187. The molecule has 3 N–H and O–H groups in total. The largest absolute Gasteiger partial charge is 0.336 e. The van der Waals surface area contributed by atoms with Gasteiger partial charge in [0.15, 0.2) is 0 Å². The van der Waals surface area contributed by atoms with Crippen LogP contribution in [-0.2, 0) is 4.79 Å². The third-order valence-corrected chi connectivity index (χ3v) is 4.84. The Labute approximate surface area is 128 Å². The van der Waals surface area contributed by atoms with Crippen molar-refractivity contribution in [1.82, 2.24) is 10.2 Å². The van der Waals surface area contributed by atoms with Crippen LogP contribution in [0.15, 0.2) is 0 Å². The lowest BCUT2D eigenvalue weighted by atomic mass is 9.83. The first-order valence-corrected chi connectivity index (χ1v) is 7.91. The maximum atomic E-state index is 12.3. The van der Waals surface area contributed by atoms with Crippen molar-refractivity contribution < 1.29 is 4.79 Å². The molecule has 1 heterocycles.